The van der Waals surface area contributed by atoms with E-state index >= 15 is 0 Å². The number of ether oxygens (including phenoxy) is 1. The molecular weight excluding hydrogens is 319 g/mol. The van der Waals surface area contributed by atoms with Crippen molar-refractivity contribution in [1.29, 1.82) is 0 Å². The van der Waals surface area contributed by atoms with E-state index in [1.54, 1.807) is 31.4 Å². The normalized spacial score (nSPS) is 12.4. The van der Waals surface area contributed by atoms with Gasteiger partial charge in [-0.15, -0.1) is 0 Å². The highest BCUT2D eigenvalue weighted by molar-refractivity contribution is 7.00. The van der Waals surface area contributed by atoms with Crippen molar-refractivity contribution in [2.45, 2.75) is 13.8 Å². The summed E-state index contributed by atoms with van der Waals surface area (Å²) in [6.45, 7) is 4.00. The lowest BCUT2D eigenvalue weighted by atomic mass is 10.1. The van der Waals surface area contributed by atoms with Gasteiger partial charge in [0.05, 0.1) is 18.5 Å². The molecule has 22 heavy (non-hydrogen) atoms. The second-order valence-electron chi connectivity index (χ2n) is 4.79. The van der Waals surface area contributed by atoms with Crippen LogP contribution in [0.25, 0.3) is 0 Å². The fourth-order valence-corrected chi connectivity index (χ4v) is 2.17. The summed E-state index contributed by atoms with van der Waals surface area (Å²) >= 11 is 12.3. The van der Waals surface area contributed by atoms with E-state index in [1.807, 2.05) is 32.0 Å². The minimum absolute atomic E-state index is 0.145. The van der Waals surface area contributed by atoms with Crippen LogP contribution in [0.1, 0.15) is 11.1 Å². The summed E-state index contributed by atoms with van der Waals surface area (Å²) in [5, 5.41) is 0.302. The number of benzene rings is 2. The van der Waals surface area contributed by atoms with Crippen molar-refractivity contribution < 1.29 is 4.74 Å². The maximum atomic E-state index is 6.15. The summed E-state index contributed by atoms with van der Waals surface area (Å²) in [4.78, 5) is 8.57. The first-order valence-electron chi connectivity index (χ1n) is 6.69. The molecule has 0 aliphatic rings. The van der Waals surface area contributed by atoms with Gasteiger partial charge in [-0.3, -0.25) is 0 Å². The number of hydrogen-bond acceptors (Lipinski definition) is 3. The highest BCUT2D eigenvalue weighted by atomic mass is 35.5. The van der Waals surface area contributed by atoms with Crippen LogP contribution in [-0.4, -0.2) is 17.5 Å². The maximum absolute atomic E-state index is 6.15. The van der Waals surface area contributed by atoms with E-state index in [-0.39, 0.29) is 10.3 Å². The fraction of sp³-hybridized carbons (Fsp3) is 0.176. The average molecular weight is 335 g/mol. The molecule has 0 bridgehead atoms. The lowest BCUT2D eigenvalue weighted by Crippen LogP contribution is -1.98. The van der Waals surface area contributed by atoms with E-state index < -0.39 is 0 Å². The molecule has 0 atom stereocenters. The summed E-state index contributed by atoms with van der Waals surface area (Å²) in [7, 11) is 1.61. The molecule has 0 amide bonds. The Morgan fingerprint density at radius 3 is 2.14 bits per heavy atom. The predicted octanol–water partition coefficient (Wildman–Crippen LogP) is 5.55. The number of halogens is 2. The Balaban J connectivity index is 2.24. The molecule has 0 saturated carbocycles. The number of nitrogens with zero attached hydrogens (tertiary/aromatic N) is 2. The first-order valence-corrected chi connectivity index (χ1v) is 7.45. The van der Waals surface area contributed by atoms with Crippen LogP contribution in [0.15, 0.2) is 52.4 Å². The molecule has 0 spiro atoms. The first kappa shape index (κ1) is 16.5. The predicted molar refractivity (Wildman–Crippen MR) is 94.8 cm³/mol. The zero-order valence-electron chi connectivity index (χ0n) is 12.6. The van der Waals surface area contributed by atoms with E-state index in [4.69, 9.17) is 27.9 Å². The third-order valence-electron chi connectivity index (χ3n) is 3.04. The molecule has 0 aliphatic heterocycles. The van der Waals surface area contributed by atoms with E-state index in [0.717, 1.165) is 17.0 Å². The second-order valence-corrected chi connectivity index (χ2v) is 5.51. The van der Waals surface area contributed by atoms with Crippen molar-refractivity contribution in [2.24, 2.45) is 9.98 Å². The molecule has 0 radical (unpaired) electrons. The van der Waals surface area contributed by atoms with Crippen LogP contribution in [0.4, 0.5) is 11.4 Å². The monoisotopic (exact) mass is 334 g/mol. The van der Waals surface area contributed by atoms with E-state index in [2.05, 4.69) is 9.98 Å². The van der Waals surface area contributed by atoms with Crippen molar-refractivity contribution in [2.75, 3.05) is 7.11 Å². The van der Waals surface area contributed by atoms with Gasteiger partial charge in [0.1, 0.15) is 5.75 Å². The molecule has 0 aromatic heterocycles. The van der Waals surface area contributed by atoms with Gasteiger partial charge in [-0.2, -0.15) is 0 Å². The lowest BCUT2D eigenvalue weighted by molar-refractivity contribution is 0.415. The molecule has 0 fully saturated rings. The van der Waals surface area contributed by atoms with Gasteiger partial charge >= 0.3 is 0 Å². The minimum Gasteiger partial charge on any atom is -0.497 e. The molecule has 0 N–H and O–H groups in total. The molecule has 2 aromatic rings. The van der Waals surface area contributed by atoms with Crippen molar-refractivity contribution in [3.63, 3.8) is 0 Å². The summed E-state index contributed by atoms with van der Waals surface area (Å²) in [6, 6.07) is 13.1. The van der Waals surface area contributed by atoms with Crippen LogP contribution < -0.4 is 4.74 Å². The van der Waals surface area contributed by atoms with E-state index in [9.17, 15) is 0 Å². The van der Waals surface area contributed by atoms with Crippen molar-refractivity contribution >= 4 is 44.9 Å². The van der Waals surface area contributed by atoms with Gasteiger partial charge < -0.3 is 4.74 Å². The molecular formula is C17H16Cl2N2O. The molecule has 0 unspecified atom stereocenters. The zero-order valence-corrected chi connectivity index (χ0v) is 14.1. The molecule has 0 saturated heterocycles. The van der Waals surface area contributed by atoms with Gasteiger partial charge in [-0.05, 0) is 49.7 Å². The Kier molecular flexibility index (Phi) is 5.58. The minimum atomic E-state index is 0.145. The zero-order chi connectivity index (χ0) is 16.1. The molecule has 5 heteroatoms. The quantitative estimate of drug-likeness (QED) is 0.675. The van der Waals surface area contributed by atoms with Gasteiger partial charge in [-0.1, -0.05) is 40.9 Å². The van der Waals surface area contributed by atoms with Crippen LogP contribution in [0.2, 0.25) is 0 Å². The Bertz CT molecular complexity index is 722. The molecule has 0 heterocycles. The summed E-state index contributed by atoms with van der Waals surface area (Å²) in [5.41, 5.74) is 3.66. The standard InChI is InChI=1S/C17H16Cl2N2O/c1-11-4-9-15(12(2)10-11)21-17(19)16(18)20-13-5-7-14(22-3)8-6-13/h4-10H,1-3H3. The highest BCUT2D eigenvalue weighted by Gasteiger charge is 2.05. The largest absolute Gasteiger partial charge is 0.497 e. The molecule has 3 nitrogen and oxygen atoms in total. The Labute approximate surface area is 140 Å². The third-order valence-corrected chi connectivity index (χ3v) is 3.66. The van der Waals surface area contributed by atoms with Crippen molar-refractivity contribution in [3.8, 4) is 5.75 Å². The topological polar surface area (TPSA) is 34.0 Å². The maximum Gasteiger partial charge on any atom is 0.166 e. The second kappa shape index (κ2) is 7.43. The van der Waals surface area contributed by atoms with Crippen LogP contribution in [0.5, 0.6) is 5.75 Å². The Hall–Kier alpha value is -1.84. The smallest absolute Gasteiger partial charge is 0.166 e. The number of methoxy groups -OCH3 is 1. The van der Waals surface area contributed by atoms with Gasteiger partial charge in [0.15, 0.2) is 10.3 Å². The number of rotatable bonds is 4. The van der Waals surface area contributed by atoms with Crippen LogP contribution in [-0.2, 0) is 0 Å². The van der Waals surface area contributed by atoms with Crippen LogP contribution in [0, 0.1) is 13.8 Å². The molecule has 2 aromatic carbocycles. The Morgan fingerprint density at radius 2 is 1.55 bits per heavy atom. The van der Waals surface area contributed by atoms with Crippen LogP contribution in [0.3, 0.4) is 0 Å². The van der Waals surface area contributed by atoms with Crippen molar-refractivity contribution in [1.82, 2.24) is 0 Å². The number of aliphatic imine (C=N–C) groups is 2. The summed E-state index contributed by atoms with van der Waals surface area (Å²) in [6.07, 6.45) is 0. The van der Waals surface area contributed by atoms with Gasteiger partial charge in [0.25, 0.3) is 0 Å². The van der Waals surface area contributed by atoms with Gasteiger partial charge in [-0.25, -0.2) is 9.98 Å². The lowest BCUT2D eigenvalue weighted by Gasteiger charge is -2.03. The van der Waals surface area contributed by atoms with E-state index in [0.29, 0.717) is 5.69 Å². The summed E-state index contributed by atoms with van der Waals surface area (Å²) in [5.74, 6) is 0.755. The highest BCUT2D eigenvalue weighted by Crippen LogP contribution is 2.22. The average Bonchev–Trinajstić information content (AvgIpc) is 2.50. The van der Waals surface area contributed by atoms with E-state index in [1.165, 1.54) is 5.56 Å². The van der Waals surface area contributed by atoms with Gasteiger partial charge in [0.2, 0.25) is 0 Å². The first-order chi connectivity index (χ1) is 10.5. The van der Waals surface area contributed by atoms with Crippen LogP contribution >= 0.6 is 23.2 Å². The SMILES string of the molecule is COc1ccc(N=C(Cl)C(Cl)=Nc2ccc(C)cc2C)cc1. The third kappa shape index (κ3) is 4.33. The number of aryl methyl sites for hydroxylation is 2. The molecule has 0 aliphatic carbocycles. The Morgan fingerprint density at radius 1 is 0.909 bits per heavy atom. The summed E-state index contributed by atoms with van der Waals surface area (Å²) < 4.78 is 5.09. The fourth-order valence-electron chi connectivity index (χ4n) is 1.90. The number of hydrogen-bond donors (Lipinski definition) is 0. The molecule has 114 valence electrons. The molecule has 2 rings (SSSR count). The van der Waals surface area contributed by atoms with Crippen molar-refractivity contribution in [3.05, 3.63) is 53.6 Å². The van der Waals surface area contributed by atoms with Gasteiger partial charge in [0, 0.05) is 0 Å².